The lowest BCUT2D eigenvalue weighted by atomic mass is 10.2. The molecule has 9 nitrogen and oxygen atoms in total. The summed E-state index contributed by atoms with van der Waals surface area (Å²) in [7, 11) is 0. The second kappa shape index (κ2) is 7.16. The molecule has 1 N–H and O–H groups in total. The highest BCUT2D eigenvalue weighted by atomic mass is 16.2. The maximum absolute atomic E-state index is 12.4. The van der Waals surface area contributed by atoms with Crippen LogP contribution in [0.3, 0.4) is 0 Å². The number of carbonyl (C=O) groups is 1. The number of benzene rings is 2. The minimum Gasteiger partial charge on any atom is -0.324 e. The quantitative estimate of drug-likeness (QED) is 0.570. The summed E-state index contributed by atoms with van der Waals surface area (Å²) in [4.78, 5) is 28.5. The number of aromatic nitrogens is 6. The average Bonchev–Trinajstić information content (AvgIpc) is 3.19. The maximum Gasteiger partial charge on any atom is 0.278 e. The topological polar surface area (TPSA) is 108 Å². The Morgan fingerprint density at radius 1 is 1.07 bits per heavy atom. The first kappa shape index (κ1) is 16.6. The van der Waals surface area contributed by atoms with Crippen molar-refractivity contribution in [3.8, 4) is 0 Å². The molecule has 134 valence electrons. The summed E-state index contributed by atoms with van der Waals surface area (Å²) in [6, 6.07) is 14.2. The molecule has 4 aromatic rings. The molecule has 1 amide bonds. The Hall–Kier alpha value is -3.88. The van der Waals surface area contributed by atoms with Crippen molar-refractivity contribution in [3.63, 3.8) is 0 Å². The molecular formula is C18H15N7O2. The molecule has 2 aromatic carbocycles. The van der Waals surface area contributed by atoms with Crippen LogP contribution in [-0.4, -0.2) is 35.7 Å². The Morgan fingerprint density at radius 2 is 1.89 bits per heavy atom. The standard InChI is InChI=1S/C18H15N7O2/c26-17(10-25-18(27)15-3-1-2-4-16(15)22-23-25)21-14-7-5-13(6-8-14)9-24-12-19-11-20-24/h1-8,11-12H,9-10H2,(H,21,26). The zero-order valence-electron chi connectivity index (χ0n) is 14.2. The van der Waals surface area contributed by atoms with Gasteiger partial charge in [0.1, 0.15) is 24.7 Å². The van der Waals surface area contributed by atoms with Gasteiger partial charge >= 0.3 is 0 Å². The van der Waals surface area contributed by atoms with Gasteiger partial charge in [-0.25, -0.2) is 14.3 Å². The number of rotatable bonds is 5. The van der Waals surface area contributed by atoms with Gasteiger partial charge in [-0.2, -0.15) is 5.10 Å². The average molecular weight is 361 g/mol. The monoisotopic (exact) mass is 361 g/mol. The summed E-state index contributed by atoms with van der Waals surface area (Å²) in [5, 5.41) is 15.0. The van der Waals surface area contributed by atoms with Crippen LogP contribution in [0.25, 0.3) is 10.9 Å². The predicted molar refractivity (Wildman–Crippen MR) is 98.0 cm³/mol. The zero-order chi connectivity index (χ0) is 18.6. The van der Waals surface area contributed by atoms with Gasteiger partial charge in [-0.3, -0.25) is 9.59 Å². The van der Waals surface area contributed by atoms with Crippen molar-refractivity contribution in [3.05, 3.63) is 77.1 Å². The Bertz CT molecular complexity index is 1130. The van der Waals surface area contributed by atoms with E-state index in [0.717, 1.165) is 10.2 Å². The fourth-order valence-electron chi connectivity index (χ4n) is 2.66. The molecule has 0 spiro atoms. The lowest BCUT2D eigenvalue weighted by Gasteiger charge is -2.08. The highest BCUT2D eigenvalue weighted by Gasteiger charge is 2.09. The Balaban J connectivity index is 1.43. The molecule has 2 aromatic heterocycles. The Kier molecular flexibility index (Phi) is 4.40. The molecule has 0 aliphatic carbocycles. The Morgan fingerprint density at radius 3 is 2.67 bits per heavy atom. The number of hydrogen-bond donors (Lipinski definition) is 1. The largest absolute Gasteiger partial charge is 0.324 e. The number of nitrogens with one attached hydrogen (secondary N) is 1. The van der Waals surface area contributed by atoms with E-state index in [1.54, 1.807) is 47.4 Å². The molecule has 0 atom stereocenters. The van der Waals surface area contributed by atoms with E-state index in [1.807, 2.05) is 12.1 Å². The molecule has 0 bridgehead atoms. The predicted octanol–water partition coefficient (Wildman–Crippen LogP) is 1.07. The molecule has 4 rings (SSSR count). The van der Waals surface area contributed by atoms with Gasteiger partial charge in [0, 0.05) is 5.69 Å². The fourth-order valence-corrected chi connectivity index (χ4v) is 2.66. The van der Waals surface area contributed by atoms with Crippen molar-refractivity contribution in [1.29, 1.82) is 0 Å². The van der Waals surface area contributed by atoms with Crippen LogP contribution in [-0.2, 0) is 17.9 Å². The summed E-state index contributed by atoms with van der Waals surface area (Å²) in [5.74, 6) is -0.356. The first-order valence-corrected chi connectivity index (χ1v) is 8.23. The third-order valence-corrected chi connectivity index (χ3v) is 3.97. The molecule has 0 radical (unpaired) electrons. The maximum atomic E-state index is 12.4. The van der Waals surface area contributed by atoms with Crippen LogP contribution in [0.2, 0.25) is 0 Å². The van der Waals surface area contributed by atoms with Gasteiger partial charge in [-0.05, 0) is 29.8 Å². The first-order valence-electron chi connectivity index (χ1n) is 8.23. The van der Waals surface area contributed by atoms with E-state index in [-0.39, 0.29) is 18.0 Å². The van der Waals surface area contributed by atoms with E-state index < -0.39 is 0 Å². The van der Waals surface area contributed by atoms with Crippen LogP contribution < -0.4 is 10.9 Å². The molecule has 0 unspecified atom stereocenters. The van der Waals surface area contributed by atoms with Crippen LogP contribution in [0.1, 0.15) is 5.56 Å². The van der Waals surface area contributed by atoms with Crippen LogP contribution in [0.15, 0.2) is 66.0 Å². The van der Waals surface area contributed by atoms with Gasteiger partial charge in [0.15, 0.2) is 0 Å². The van der Waals surface area contributed by atoms with Crippen molar-refractivity contribution in [2.45, 2.75) is 13.1 Å². The van der Waals surface area contributed by atoms with Crippen LogP contribution in [0, 0.1) is 0 Å². The number of carbonyl (C=O) groups excluding carboxylic acids is 1. The molecule has 2 heterocycles. The van der Waals surface area contributed by atoms with E-state index >= 15 is 0 Å². The van der Waals surface area contributed by atoms with Gasteiger partial charge in [0.05, 0.1) is 11.9 Å². The van der Waals surface area contributed by atoms with E-state index in [2.05, 4.69) is 25.7 Å². The molecule has 0 fully saturated rings. The van der Waals surface area contributed by atoms with Crippen molar-refractivity contribution >= 4 is 22.5 Å². The lowest BCUT2D eigenvalue weighted by molar-refractivity contribution is -0.117. The Labute approximate surface area is 153 Å². The van der Waals surface area contributed by atoms with Crippen LogP contribution in [0.4, 0.5) is 5.69 Å². The molecular weight excluding hydrogens is 346 g/mol. The third kappa shape index (κ3) is 3.71. The minimum absolute atomic E-state index is 0.211. The number of amides is 1. The SMILES string of the molecule is O=C(Cn1nnc2ccccc2c1=O)Nc1ccc(Cn2cncn2)cc1. The van der Waals surface area contributed by atoms with Crippen molar-refractivity contribution in [2.75, 3.05) is 5.32 Å². The fraction of sp³-hybridized carbons (Fsp3) is 0.111. The van der Waals surface area contributed by atoms with Gasteiger partial charge < -0.3 is 5.32 Å². The normalized spacial score (nSPS) is 10.8. The molecule has 0 saturated carbocycles. The van der Waals surface area contributed by atoms with Gasteiger partial charge in [-0.1, -0.05) is 29.5 Å². The molecule has 0 aliphatic heterocycles. The van der Waals surface area contributed by atoms with Gasteiger partial charge in [0.2, 0.25) is 5.91 Å². The molecule has 0 saturated heterocycles. The molecule has 27 heavy (non-hydrogen) atoms. The number of hydrogen-bond acceptors (Lipinski definition) is 6. The van der Waals surface area contributed by atoms with E-state index in [9.17, 15) is 9.59 Å². The van der Waals surface area contributed by atoms with E-state index in [4.69, 9.17) is 0 Å². The summed E-state index contributed by atoms with van der Waals surface area (Å²) >= 11 is 0. The number of nitrogens with zero attached hydrogens (tertiary/aromatic N) is 6. The van der Waals surface area contributed by atoms with Crippen LogP contribution >= 0.6 is 0 Å². The smallest absolute Gasteiger partial charge is 0.278 e. The summed E-state index contributed by atoms with van der Waals surface area (Å²) in [6.45, 7) is 0.383. The summed E-state index contributed by atoms with van der Waals surface area (Å²) in [5.41, 5.74) is 1.81. The third-order valence-electron chi connectivity index (χ3n) is 3.97. The second-order valence-electron chi connectivity index (χ2n) is 5.91. The lowest BCUT2D eigenvalue weighted by Crippen LogP contribution is -2.30. The van der Waals surface area contributed by atoms with Crippen LogP contribution in [0.5, 0.6) is 0 Å². The van der Waals surface area contributed by atoms with E-state index in [1.165, 1.54) is 6.33 Å². The number of fused-ring (bicyclic) bond motifs is 1. The first-order chi connectivity index (χ1) is 13.2. The highest BCUT2D eigenvalue weighted by molar-refractivity contribution is 5.90. The molecule has 0 aliphatic rings. The van der Waals surface area contributed by atoms with Gasteiger partial charge in [0.25, 0.3) is 5.56 Å². The van der Waals surface area contributed by atoms with E-state index in [0.29, 0.717) is 23.1 Å². The zero-order valence-corrected chi connectivity index (χ0v) is 14.2. The van der Waals surface area contributed by atoms with Crippen molar-refractivity contribution in [1.82, 2.24) is 29.8 Å². The minimum atomic E-state index is -0.356. The summed E-state index contributed by atoms with van der Waals surface area (Å²) in [6.07, 6.45) is 3.12. The van der Waals surface area contributed by atoms with Crippen molar-refractivity contribution < 1.29 is 4.79 Å². The van der Waals surface area contributed by atoms with Gasteiger partial charge in [-0.15, -0.1) is 5.10 Å². The molecule has 9 heteroatoms. The van der Waals surface area contributed by atoms with Crippen molar-refractivity contribution in [2.24, 2.45) is 0 Å². The summed E-state index contributed by atoms with van der Waals surface area (Å²) < 4.78 is 2.76. The highest BCUT2D eigenvalue weighted by Crippen LogP contribution is 2.10. The number of anilines is 1. The second-order valence-corrected chi connectivity index (χ2v) is 5.91.